The number of amides is 1. The van der Waals surface area contributed by atoms with Crippen molar-refractivity contribution in [2.24, 2.45) is 5.92 Å². The van der Waals surface area contributed by atoms with Crippen molar-refractivity contribution in [1.82, 2.24) is 15.2 Å². The summed E-state index contributed by atoms with van der Waals surface area (Å²) in [6.45, 7) is 6.20. The molecule has 2 aromatic rings. The SMILES string of the molecule is COc1ccccc1Nc1ncccc1C(=O)NCC(C)CN1CCCC1. The van der Waals surface area contributed by atoms with Crippen LogP contribution < -0.4 is 15.4 Å². The molecule has 1 atom stereocenters. The standard InChI is InChI=1S/C21H28N4O2/c1-16(15-25-12-5-6-13-25)14-23-21(26)17-8-7-11-22-20(17)24-18-9-3-4-10-19(18)27-2/h3-4,7-11,16H,5-6,12-15H2,1-2H3,(H,22,24)(H,23,26). The fourth-order valence-corrected chi connectivity index (χ4v) is 3.40. The molecule has 3 rings (SSSR count). The zero-order valence-corrected chi connectivity index (χ0v) is 16.1. The second kappa shape index (κ2) is 9.37. The maximum Gasteiger partial charge on any atom is 0.255 e. The summed E-state index contributed by atoms with van der Waals surface area (Å²) in [6, 6.07) is 11.1. The molecule has 1 aliphatic heterocycles. The van der Waals surface area contributed by atoms with Crippen molar-refractivity contribution in [3.63, 3.8) is 0 Å². The monoisotopic (exact) mass is 368 g/mol. The first-order chi connectivity index (χ1) is 13.2. The van der Waals surface area contributed by atoms with E-state index in [1.165, 1.54) is 25.9 Å². The third-order valence-electron chi connectivity index (χ3n) is 4.79. The highest BCUT2D eigenvalue weighted by Crippen LogP contribution is 2.27. The molecule has 1 aliphatic rings. The Morgan fingerprint density at radius 1 is 1.22 bits per heavy atom. The zero-order valence-electron chi connectivity index (χ0n) is 16.1. The molecule has 2 N–H and O–H groups in total. The minimum absolute atomic E-state index is 0.117. The highest BCUT2D eigenvalue weighted by molar-refractivity contribution is 5.99. The lowest BCUT2D eigenvalue weighted by molar-refractivity contribution is 0.0945. The number of benzene rings is 1. The zero-order chi connectivity index (χ0) is 19.1. The highest BCUT2D eigenvalue weighted by Gasteiger charge is 2.17. The second-order valence-electron chi connectivity index (χ2n) is 7.05. The van der Waals surface area contributed by atoms with Crippen LogP contribution in [0.4, 0.5) is 11.5 Å². The van der Waals surface area contributed by atoms with Crippen LogP contribution in [0.5, 0.6) is 5.75 Å². The Morgan fingerprint density at radius 2 is 2.00 bits per heavy atom. The Bertz CT molecular complexity index is 759. The second-order valence-corrected chi connectivity index (χ2v) is 7.05. The molecule has 0 saturated carbocycles. The van der Waals surface area contributed by atoms with E-state index in [9.17, 15) is 4.79 Å². The number of anilines is 2. The first-order valence-electron chi connectivity index (χ1n) is 9.53. The molecule has 0 radical (unpaired) electrons. The smallest absolute Gasteiger partial charge is 0.255 e. The fraction of sp³-hybridized carbons (Fsp3) is 0.429. The van der Waals surface area contributed by atoms with Crippen molar-refractivity contribution >= 4 is 17.4 Å². The van der Waals surface area contributed by atoms with Gasteiger partial charge >= 0.3 is 0 Å². The Morgan fingerprint density at radius 3 is 2.78 bits per heavy atom. The molecule has 0 spiro atoms. The predicted molar refractivity (Wildman–Crippen MR) is 108 cm³/mol. The predicted octanol–water partition coefficient (Wildman–Crippen LogP) is 3.30. The summed E-state index contributed by atoms with van der Waals surface area (Å²) in [6.07, 6.45) is 4.24. The van der Waals surface area contributed by atoms with Crippen LogP contribution in [0.25, 0.3) is 0 Å². The van der Waals surface area contributed by atoms with Gasteiger partial charge in [-0.2, -0.15) is 0 Å². The lowest BCUT2D eigenvalue weighted by atomic mass is 10.1. The van der Waals surface area contributed by atoms with E-state index >= 15 is 0 Å². The molecule has 2 heterocycles. The van der Waals surface area contributed by atoms with Gasteiger partial charge in [-0.15, -0.1) is 0 Å². The van der Waals surface area contributed by atoms with E-state index in [2.05, 4.69) is 27.4 Å². The number of nitrogens with zero attached hydrogens (tertiary/aromatic N) is 2. The topological polar surface area (TPSA) is 66.5 Å². The van der Waals surface area contributed by atoms with E-state index < -0.39 is 0 Å². The summed E-state index contributed by atoms with van der Waals surface area (Å²) in [7, 11) is 1.62. The van der Waals surface area contributed by atoms with Gasteiger partial charge in [-0.3, -0.25) is 4.79 Å². The third-order valence-corrected chi connectivity index (χ3v) is 4.79. The van der Waals surface area contributed by atoms with E-state index in [1.807, 2.05) is 24.3 Å². The molecule has 0 bridgehead atoms. The summed E-state index contributed by atoms with van der Waals surface area (Å²) >= 11 is 0. The number of hydrogen-bond donors (Lipinski definition) is 2. The van der Waals surface area contributed by atoms with Crippen LogP contribution in [0.3, 0.4) is 0 Å². The minimum atomic E-state index is -0.117. The van der Waals surface area contributed by atoms with E-state index in [4.69, 9.17) is 4.74 Å². The maximum absolute atomic E-state index is 12.7. The van der Waals surface area contributed by atoms with E-state index in [-0.39, 0.29) is 5.91 Å². The number of rotatable bonds is 8. The quantitative estimate of drug-likeness (QED) is 0.748. The lowest BCUT2D eigenvalue weighted by Gasteiger charge is -2.20. The van der Waals surface area contributed by atoms with Crippen LogP contribution in [0.15, 0.2) is 42.6 Å². The van der Waals surface area contributed by atoms with Gasteiger partial charge < -0.3 is 20.3 Å². The minimum Gasteiger partial charge on any atom is -0.495 e. The van der Waals surface area contributed by atoms with Gasteiger partial charge in [-0.25, -0.2) is 4.98 Å². The molecule has 1 unspecified atom stereocenters. The molecule has 27 heavy (non-hydrogen) atoms. The lowest BCUT2D eigenvalue weighted by Crippen LogP contribution is -2.34. The van der Waals surface area contributed by atoms with Crippen LogP contribution in [0, 0.1) is 5.92 Å². The molecule has 144 valence electrons. The van der Waals surface area contributed by atoms with Gasteiger partial charge in [-0.05, 0) is 56.1 Å². The van der Waals surface area contributed by atoms with Crippen LogP contribution in [-0.4, -0.2) is 49.1 Å². The Labute approximate surface area is 160 Å². The van der Waals surface area contributed by atoms with Crippen molar-refractivity contribution in [3.8, 4) is 5.75 Å². The van der Waals surface area contributed by atoms with Crippen molar-refractivity contribution < 1.29 is 9.53 Å². The van der Waals surface area contributed by atoms with E-state index in [0.29, 0.717) is 29.6 Å². The molecule has 6 nitrogen and oxygen atoms in total. The van der Waals surface area contributed by atoms with Gasteiger partial charge in [0, 0.05) is 19.3 Å². The number of methoxy groups -OCH3 is 1. The van der Waals surface area contributed by atoms with Crippen LogP contribution in [-0.2, 0) is 0 Å². The van der Waals surface area contributed by atoms with Gasteiger partial charge in [0.25, 0.3) is 5.91 Å². The summed E-state index contributed by atoms with van der Waals surface area (Å²) < 4.78 is 5.36. The largest absolute Gasteiger partial charge is 0.495 e. The van der Waals surface area contributed by atoms with Crippen LogP contribution in [0.2, 0.25) is 0 Å². The molecule has 1 amide bonds. The molecular formula is C21H28N4O2. The Balaban J connectivity index is 1.63. The molecule has 1 fully saturated rings. The van der Waals surface area contributed by atoms with Crippen molar-refractivity contribution in [1.29, 1.82) is 0 Å². The number of ether oxygens (including phenoxy) is 1. The summed E-state index contributed by atoms with van der Waals surface area (Å²) in [4.78, 5) is 19.5. The third kappa shape index (κ3) is 5.20. The number of likely N-dealkylation sites (tertiary alicyclic amines) is 1. The molecular weight excluding hydrogens is 340 g/mol. The summed E-state index contributed by atoms with van der Waals surface area (Å²) in [5.41, 5.74) is 1.30. The van der Waals surface area contributed by atoms with E-state index in [1.54, 1.807) is 25.4 Å². The van der Waals surface area contributed by atoms with Crippen molar-refractivity contribution in [3.05, 3.63) is 48.2 Å². The number of pyridine rings is 1. The van der Waals surface area contributed by atoms with Crippen molar-refractivity contribution in [2.75, 3.05) is 38.6 Å². The van der Waals surface area contributed by atoms with Gasteiger partial charge in [0.05, 0.1) is 18.4 Å². The molecule has 1 aromatic carbocycles. The number of aromatic nitrogens is 1. The van der Waals surface area contributed by atoms with Gasteiger partial charge in [-0.1, -0.05) is 19.1 Å². The first kappa shape index (κ1) is 19.2. The fourth-order valence-electron chi connectivity index (χ4n) is 3.40. The summed E-state index contributed by atoms with van der Waals surface area (Å²) in [5.74, 6) is 1.52. The van der Waals surface area contributed by atoms with Gasteiger partial charge in [0.15, 0.2) is 0 Å². The average molecular weight is 368 g/mol. The van der Waals surface area contributed by atoms with Gasteiger partial charge in [0.2, 0.25) is 0 Å². The van der Waals surface area contributed by atoms with Gasteiger partial charge in [0.1, 0.15) is 11.6 Å². The number of carbonyl (C=O) groups is 1. The van der Waals surface area contributed by atoms with E-state index in [0.717, 1.165) is 12.2 Å². The van der Waals surface area contributed by atoms with Crippen LogP contribution >= 0.6 is 0 Å². The molecule has 1 saturated heterocycles. The Kier molecular flexibility index (Phi) is 6.65. The number of carbonyl (C=O) groups excluding carboxylic acids is 1. The molecule has 6 heteroatoms. The number of hydrogen-bond acceptors (Lipinski definition) is 5. The first-order valence-corrected chi connectivity index (χ1v) is 9.53. The number of para-hydroxylation sites is 2. The average Bonchev–Trinajstić information content (AvgIpc) is 3.20. The van der Waals surface area contributed by atoms with Crippen LogP contribution in [0.1, 0.15) is 30.1 Å². The number of nitrogens with one attached hydrogen (secondary N) is 2. The summed E-state index contributed by atoms with van der Waals surface area (Å²) in [5, 5.41) is 6.26. The normalized spacial score (nSPS) is 15.3. The Hall–Kier alpha value is -2.60. The molecule has 0 aliphatic carbocycles. The highest BCUT2D eigenvalue weighted by atomic mass is 16.5. The maximum atomic E-state index is 12.7. The van der Waals surface area contributed by atoms with Crippen molar-refractivity contribution in [2.45, 2.75) is 19.8 Å². The molecule has 1 aromatic heterocycles.